The Bertz CT molecular complexity index is 1110. The summed E-state index contributed by atoms with van der Waals surface area (Å²) in [6.45, 7) is -0.831. The van der Waals surface area contributed by atoms with Crippen molar-refractivity contribution >= 4 is 40.4 Å². The number of hydrogen-bond acceptors (Lipinski definition) is 13. The molecule has 6 atom stereocenters. The van der Waals surface area contributed by atoms with Gasteiger partial charge in [-0.05, 0) is 0 Å². The second-order valence-corrected chi connectivity index (χ2v) is 10.5. The average molecular weight is 506 g/mol. The number of nitrogens with zero attached hydrogens (tertiary/aromatic N) is 4. The number of aliphatic hydroxyl groups excluding tert-OH is 1. The molecular formula is C10H17N6O12P3. The first-order valence-electron chi connectivity index (χ1n) is 7.99. The van der Waals surface area contributed by atoms with Gasteiger partial charge in [0.25, 0.3) is 0 Å². The van der Waals surface area contributed by atoms with Gasteiger partial charge in [0, 0.05) is 0 Å². The van der Waals surface area contributed by atoms with Crippen LogP contribution in [0.5, 0.6) is 0 Å². The molecule has 1 aliphatic rings. The Morgan fingerprint density at radius 3 is 2.42 bits per heavy atom. The van der Waals surface area contributed by atoms with E-state index in [2.05, 4.69) is 28.1 Å². The number of hydrogen-bond donors (Lipinski definition) is 7. The number of nitrogens with two attached hydrogens (primary N) is 2. The molecule has 2 aromatic heterocycles. The highest BCUT2D eigenvalue weighted by Crippen LogP contribution is 2.66. The van der Waals surface area contributed by atoms with E-state index in [0.29, 0.717) is 0 Å². The Hall–Kier alpha value is -1.36. The van der Waals surface area contributed by atoms with Crippen LogP contribution in [0.3, 0.4) is 0 Å². The largest absolute Gasteiger partial charge is 0.490 e. The van der Waals surface area contributed by atoms with E-state index in [0.717, 1.165) is 6.33 Å². The van der Waals surface area contributed by atoms with E-state index in [1.54, 1.807) is 0 Å². The molecule has 0 saturated carbocycles. The van der Waals surface area contributed by atoms with Crippen molar-refractivity contribution in [1.29, 1.82) is 0 Å². The number of aromatic nitrogens is 4. The average Bonchev–Trinajstić information content (AvgIpc) is 3.13. The van der Waals surface area contributed by atoms with Crippen molar-refractivity contribution in [2.45, 2.75) is 24.5 Å². The molecule has 3 rings (SSSR count). The van der Waals surface area contributed by atoms with Crippen molar-refractivity contribution in [2.24, 2.45) is 5.73 Å². The fraction of sp³-hybridized carbons (Fsp3) is 0.500. The quantitative estimate of drug-likeness (QED) is 0.197. The highest BCUT2D eigenvalue weighted by Gasteiger charge is 2.46. The molecule has 0 spiro atoms. The van der Waals surface area contributed by atoms with Gasteiger partial charge < -0.3 is 40.9 Å². The summed E-state index contributed by atoms with van der Waals surface area (Å²) in [7, 11) is -16.6. The van der Waals surface area contributed by atoms with Crippen LogP contribution in [-0.4, -0.2) is 69.1 Å². The molecule has 9 N–H and O–H groups in total. The van der Waals surface area contributed by atoms with E-state index in [1.807, 2.05) is 0 Å². The van der Waals surface area contributed by atoms with Crippen LogP contribution in [0.4, 0.5) is 5.82 Å². The first-order chi connectivity index (χ1) is 14.2. The highest BCUT2D eigenvalue weighted by molar-refractivity contribution is 7.66. The molecule has 174 valence electrons. The van der Waals surface area contributed by atoms with Gasteiger partial charge in [-0.2, -0.15) is 8.62 Å². The van der Waals surface area contributed by atoms with Gasteiger partial charge in [-0.25, -0.2) is 28.6 Å². The maximum atomic E-state index is 11.8. The smallest absolute Gasteiger partial charge is 0.387 e. The van der Waals surface area contributed by atoms with Gasteiger partial charge in [0.2, 0.25) is 0 Å². The normalized spacial score (nSPS) is 28.5. The number of phosphoric acid groups is 3. The first kappa shape index (κ1) is 24.3. The van der Waals surface area contributed by atoms with E-state index in [4.69, 9.17) is 30.9 Å². The molecule has 0 bridgehead atoms. The monoisotopic (exact) mass is 506 g/mol. The van der Waals surface area contributed by atoms with Gasteiger partial charge >= 0.3 is 23.5 Å². The standard InChI is InChI=1S/C10H17N6O12P3/c11-5-4(1-25-30(21,22)28-31(23,24)27-29(18,19)20)26-10(7(5)17)16-3-15-6-8(12)13-2-14-9(6)16/h2-5,7,10,17H,1,11H2,(H,21,22)(H,23,24)(H2,12,13,14)(H2,18,19,20)/t4-,5-,7-,10-/m1/s1. The molecule has 31 heavy (non-hydrogen) atoms. The van der Waals surface area contributed by atoms with E-state index < -0.39 is 54.6 Å². The fourth-order valence-corrected chi connectivity index (χ4v) is 5.70. The van der Waals surface area contributed by atoms with Crippen molar-refractivity contribution in [3.63, 3.8) is 0 Å². The summed E-state index contributed by atoms with van der Waals surface area (Å²) < 4.78 is 52.3. The molecule has 2 aromatic rings. The molecule has 1 aliphatic heterocycles. The second kappa shape index (κ2) is 8.53. The summed E-state index contributed by atoms with van der Waals surface area (Å²) in [4.78, 5) is 47.4. The maximum absolute atomic E-state index is 11.8. The fourth-order valence-electron chi connectivity index (χ4n) is 2.67. The predicted octanol–water partition coefficient (Wildman–Crippen LogP) is -1.66. The Labute approximate surface area is 172 Å². The van der Waals surface area contributed by atoms with Gasteiger partial charge in [0.05, 0.1) is 19.0 Å². The molecule has 18 nitrogen and oxygen atoms in total. The van der Waals surface area contributed by atoms with Crippen molar-refractivity contribution < 1.29 is 56.3 Å². The molecule has 0 amide bonds. The minimum Gasteiger partial charge on any atom is -0.387 e. The van der Waals surface area contributed by atoms with Gasteiger partial charge in [0.15, 0.2) is 17.7 Å². The second-order valence-electron chi connectivity index (χ2n) is 6.10. The third-order valence-electron chi connectivity index (χ3n) is 3.91. The number of nitrogen functional groups attached to an aromatic ring is 1. The lowest BCUT2D eigenvalue weighted by Gasteiger charge is -2.19. The van der Waals surface area contributed by atoms with Crippen molar-refractivity contribution in [3.8, 4) is 0 Å². The van der Waals surface area contributed by atoms with Crippen LogP contribution in [0.15, 0.2) is 12.7 Å². The predicted molar refractivity (Wildman–Crippen MR) is 97.4 cm³/mol. The molecule has 21 heteroatoms. The maximum Gasteiger partial charge on any atom is 0.490 e. The zero-order valence-electron chi connectivity index (χ0n) is 15.1. The minimum atomic E-state index is -5.67. The van der Waals surface area contributed by atoms with Crippen LogP contribution < -0.4 is 11.5 Å². The number of fused-ring (bicyclic) bond motifs is 1. The molecular weight excluding hydrogens is 489 g/mol. The zero-order valence-corrected chi connectivity index (χ0v) is 17.7. The summed E-state index contributed by atoms with van der Waals surface area (Å²) >= 11 is 0. The Balaban J connectivity index is 1.69. The number of ether oxygens (including phenoxy) is 1. The van der Waals surface area contributed by atoms with E-state index >= 15 is 0 Å². The minimum absolute atomic E-state index is 0.0738. The van der Waals surface area contributed by atoms with E-state index in [9.17, 15) is 23.7 Å². The highest BCUT2D eigenvalue weighted by atomic mass is 31.3. The van der Waals surface area contributed by atoms with Gasteiger partial charge in [-0.1, -0.05) is 0 Å². The Kier molecular flexibility index (Phi) is 6.68. The number of rotatable bonds is 8. The van der Waals surface area contributed by atoms with Gasteiger partial charge in [0.1, 0.15) is 24.1 Å². The van der Waals surface area contributed by atoms with Crippen molar-refractivity contribution in [2.75, 3.05) is 12.3 Å². The van der Waals surface area contributed by atoms with Crippen molar-refractivity contribution in [1.82, 2.24) is 19.5 Å². The SMILES string of the molecule is Nc1ncnc2c1ncn2[C@@H]1O[C@H](COP(=O)(O)OP(=O)(O)OP(=O)(O)O)[C@@H](N)[C@H]1O. The lowest BCUT2D eigenvalue weighted by Crippen LogP contribution is -2.41. The third-order valence-corrected chi connectivity index (χ3v) is 7.71. The third kappa shape index (κ3) is 5.71. The number of imidazole rings is 1. The van der Waals surface area contributed by atoms with Gasteiger partial charge in [-0.15, -0.1) is 0 Å². The van der Waals surface area contributed by atoms with Crippen LogP contribution in [0.1, 0.15) is 6.23 Å². The van der Waals surface area contributed by atoms with E-state index in [1.165, 1.54) is 10.9 Å². The van der Waals surface area contributed by atoms with E-state index in [-0.39, 0.29) is 17.0 Å². The molecule has 0 aromatic carbocycles. The topological polar surface area (TPSA) is 285 Å². The van der Waals surface area contributed by atoms with Crippen LogP contribution in [-0.2, 0) is 31.6 Å². The summed E-state index contributed by atoms with van der Waals surface area (Å²) in [5.41, 5.74) is 12.0. The summed E-state index contributed by atoms with van der Waals surface area (Å²) in [5.74, 6) is 0.0738. The number of aliphatic hydroxyl groups is 1. The lowest BCUT2D eigenvalue weighted by molar-refractivity contribution is -0.0482. The summed E-state index contributed by atoms with van der Waals surface area (Å²) in [6, 6.07) is -1.17. The Morgan fingerprint density at radius 2 is 1.77 bits per heavy atom. The zero-order chi connectivity index (χ0) is 23.2. The molecule has 2 unspecified atom stereocenters. The van der Waals surface area contributed by atoms with Crippen LogP contribution in [0.25, 0.3) is 11.2 Å². The molecule has 1 fully saturated rings. The molecule has 1 saturated heterocycles. The molecule has 3 heterocycles. The number of phosphoric ester groups is 1. The summed E-state index contributed by atoms with van der Waals surface area (Å²) in [6.07, 6.45) is -1.36. The lowest BCUT2D eigenvalue weighted by atomic mass is 10.1. The van der Waals surface area contributed by atoms with Crippen LogP contribution in [0, 0.1) is 0 Å². The molecule has 0 radical (unpaired) electrons. The number of anilines is 1. The van der Waals surface area contributed by atoms with Crippen molar-refractivity contribution in [3.05, 3.63) is 12.7 Å². The van der Waals surface area contributed by atoms with Gasteiger partial charge in [-0.3, -0.25) is 9.09 Å². The first-order valence-corrected chi connectivity index (χ1v) is 12.5. The Morgan fingerprint density at radius 1 is 1.10 bits per heavy atom. The van der Waals surface area contributed by atoms with Crippen LogP contribution in [0.2, 0.25) is 0 Å². The summed E-state index contributed by atoms with van der Waals surface area (Å²) in [5, 5.41) is 10.4. The van der Waals surface area contributed by atoms with Crippen LogP contribution >= 0.6 is 23.5 Å². The molecule has 0 aliphatic carbocycles.